The molecule has 7 heteroatoms. The second-order valence-corrected chi connectivity index (χ2v) is 8.69. The van der Waals surface area contributed by atoms with E-state index in [1.54, 1.807) is 27.4 Å². The van der Waals surface area contributed by atoms with Gasteiger partial charge in [-0.25, -0.2) is 4.98 Å². The Hall–Kier alpha value is -4.10. The fourth-order valence-electron chi connectivity index (χ4n) is 4.05. The number of anilines is 1. The number of likely N-dealkylation sites (N-methyl/N-ethyl adjacent to an activating group) is 1. The van der Waals surface area contributed by atoms with E-state index >= 15 is 0 Å². The summed E-state index contributed by atoms with van der Waals surface area (Å²) in [6, 6.07) is 21.0. The summed E-state index contributed by atoms with van der Waals surface area (Å²) in [6.07, 6.45) is 0.953. The van der Waals surface area contributed by atoms with Gasteiger partial charge in [-0.2, -0.15) is 0 Å². The van der Waals surface area contributed by atoms with Crippen LogP contribution in [-0.2, 0) is 6.42 Å². The van der Waals surface area contributed by atoms with Crippen LogP contribution in [0.25, 0.3) is 22.2 Å². The van der Waals surface area contributed by atoms with Gasteiger partial charge in [-0.3, -0.25) is 4.79 Å². The van der Waals surface area contributed by atoms with Gasteiger partial charge in [-0.05, 0) is 62.5 Å². The van der Waals surface area contributed by atoms with Crippen molar-refractivity contribution in [2.75, 3.05) is 47.3 Å². The summed E-state index contributed by atoms with van der Waals surface area (Å²) in [7, 11) is 8.81. The Morgan fingerprint density at radius 3 is 2.17 bits per heavy atom. The number of nitrogens with one attached hydrogen (secondary N) is 1. The molecule has 1 aromatic heterocycles. The number of nitrogens with zero attached hydrogens (tertiary/aromatic N) is 2. The number of rotatable bonds is 9. The lowest BCUT2D eigenvalue weighted by molar-refractivity contribution is 0.102. The van der Waals surface area contributed by atoms with Gasteiger partial charge in [0, 0.05) is 23.2 Å². The fourth-order valence-corrected chi connectivity index (χ4v) is 4.05. The average Bonchev–Trinajstić information content (AvgIpc) is 2.90. The Morgan fingerprint density at radius 1 is 0.889 bits per heavy atom. The van der Waals surface area contributed by atoms with E-state index in [9.17, 15) is 4.79 Å². The molecule has 0 aliphatic rings. The van der Waals surface area contributed by atoms with Crippen LogP contribution in [0.3, 0.4) is 0 Å². The van der Waals surface area contributed by atoms with Crippen molar-refractivity contribution in [3.05, 3.63) is 77.9 Å². The molecule has 7 nitrogen and oxygen atoms in total. The highest BCUT2D eigenvalue weighted by atomic mass is 16.5. The summed E-state index contributed by atoms with van der Waals surface area (Å²) in [5.41, 5.74) is 4.57. The molecule has 4 aromatic rings. The Morgan fingerprint density at radius 2 is 1.56 bits per heavy atom. The first-order valence-corrected chi connectivity index (χ1v) is 11.7. The second kappa shape index (κ2) is 11.1. The monoisotopic (exact) mass is 485 g/mol. The summed E-state index contributed by atoms with van der Waals surface area (Å²) < 4.78 is 16.5. The quantitative estimate of drug-likeness (QED) is 0.348. The van der Waals surface area contributed by atoms with Crippen molar-refractivity contribution in [2.45, 2.75) is 6.42 Å². The van der Waals surface area contributed by atoms with Gasteiger partial charge in [0.1, 0.15) is 0 Å². The highest BCUT2D eigenvalue weighted by Crippen LogP contribution is 2.41. The van der Waals surface area contributed by atoms with E-state index in [0.29, 0.717) is 34.0 Å². The van der Waals surface area contributed by atoms with Crippen molar-refractivity contribution < 1.29 is 19.0 Å². The van der Waals surface area contributed by atoms with Crippen LogP contribution in [0.4, 0.5) is 5.69 Å². The normalized spacial score (nSPS) is 10.9. The van der Waals surface area contributed by atoms with Gasteiger partial charge in [0.2, 0.25) is 5.75 Å². The van der Waals surface area contributed by atoms with Crippen molar-refractivity contribution in [3.63, 3.8) is 0 Å². The van der Waals surface area contributed by atoms with E-state index in [1.165, 1.54) is 5.56 Å². The number of hydrogen-bond donors (Lipinski definition) is 1. The number of carbonyl (C=O) groups excluding carboxylic acids is 1. The third-order valence-corrected chi connectivity index (χ3v) is 5.98. The van der Waals surface area contributed by atoms with Crippen LogP contribution < -0.4 is 19.5 Å². The number of ether oxygens (including phenoxy) is 3. The molecule has 3 aromatic carbocycles. The summed E-state index contributed by atoms with van der Waals surface area (Å²) in [4.78, 5) is 20.4. The lowest BCUT2D eigenvalue weighted by Crippen LogP contribution is -2.15. The molecule has 1 N–H and O–H groups in total. The summed E-state index contributed by atoms with van der Waals surface area (Å²) in [6.45, 7) is 0.971. The summed E-state index contributed by atoms with van der Waals surface area (Å²) in [5.74, 6) is 1.32. The van der Waals surface area contributed by atoms with Gasteiger partial charge in [-0.15, -0.1) is 0 Å². The summed E-state index contributed by atoms with van der Waals surface area (Å²) in [5, 5.41) is 3.81. The number of benzene rings is 3. The molecule has 0 aliphatic heterocycles. The van der Waals surface area contributed by atoms with E-state index in [0.717, 1.165) is 29.6 Å². The number of amides is 1. The molecular formula is C29H31N3O4. The summed E-state index contributed by atoms with van der Waals surface area (Å²) >= 11 is 0. The molecule has 1 heterocycles. The first-order chi connectivity index (χ1) is 17.4. The van der Waals surface area contributed by atoms with Gasteiger partial charge < -0.3 is 24.4 Å². The number of hydrogen-bond acceptors (Lipinski definition) is 6. The van der Waals surface area contributed by atoms with Crippen molar-refractivity contribution >= 4 is 22.5 Å². The molecule has 4 rings (SSSR count). The third-order valence-electron chi connectivity index (χ3n) is 5.98. The molecule has 0 saturated carbocycles. The predicted octanol–water partition coefficient (Wildman–Crippen LogP) is 5.28. The lowest BCUT2D eigenvalue weighted by Gasteiger charge is -2.15. The van der Waals surface area contributed by atoms with Crippen LogP contribution in [0.2, 0.25) is 0 Å². The third kappa shape index (κ3) is 5.42. The number of methoxy groups -OCH3 is 3. The lowest BCUT2D eigenvalue weighted by atomic mass is 10.0. The van der Waals surface area contributed by atoms with Gasteiger partial charge in [-0.1, -0.05) is 30.3 Å². The SMILES string of the molecule is COc1cc(-c2cc(C(=O)Nc3ccc(CCN(C)C)cc3)c3ccccc3n2)cc(OC)c1OC. The maximum Gasteiger partial charge on any atom is 0.256 e. The maximum absolute atomic E-state index is 13.4. The number of pyridine rings is 1. The van der Waals surface area contributed by atoms with Gasteiger partial charge in [0.25, 0.3) is 5.91 Å². The highest BCUT2D eigenvalue weighted by Gasteiger charge is 2.18. The van der Waals surface area contributed by atoms with Crippen LogP contribution in [0.5, 0.6) is 17.2 Å². The Labute approximate surface area is 211 Å². The zero-order valence-electron chi connectivity index (χ0n) is 21.3. The molecule has 186 valence electrons. The van der Waals surface area contributed by atoms with Crippen LogP contribution in [0.15, 0.2) is 66.7 Å². The molecule has 0 bridgehead atoms. The molecule has 0 radical (unpaired) electrons. The average molecular weight is 486 g/mol. The number of aromatic nitrogens is 1. The van der Waals surface area contributed by atoms with Crippen molar-refractivity contribution in [1.82, 2.24) is 9.88 Å². The van der Waals surface area contributed by atoms with Crippen LogP contribution >= 0.6 is 0 Å². The van der Waals surface area contributed by atoms with Crippen molar-refractivity contribution in [1.29, 1.82) is 0 Å². The molecule has 0 spiro atoms. The fraction of sp³-hybridized carbons (Fsp3) is 0.241. The first-order valence-electron chi connectivity index (χ1n) is 11.7. The van der Waals surface area contributed by atoms with E-state index in [1.807, 2.05) is 60.7 Å². The van der Waals surface area contributed by atoms with E-state index in [-0.39, 0.29) is 5.91 Å². The van der Waals surface area contributed by atoms with Crippen LogP contribution in [-0.4, -0.2) is 57.8 Å². The van der Waals surface area contributed by atoms with Crippen LogP contribution in [0.1, 0.15) is 15.9 Å². The maximum atomic E-state index is 13.4. The minimum absolute atomic E-state index is 0.205. The first kappa shape index (κ1) is 25.0. The second-order valence-electron chi connectivity index (χ2n) is 8.69. The Kier molecular flexibility index (Phi) is 7.71. The minimum atomic E-state index is -0.205. The number of para-hydroxylation sites is 1. The smallest absolute Gasteiger partial charge is 0.256 e. The molecule has 0 atom stereocenters. The molecule has 0 aliphatic carbocycles. The molecule has 0 unspecified atom stereocenters. The zero-order valence-corrected chi connectivity index (χ0v) is 21.3. The van der Waals surface area contributed by atoms with Crippen molar-refractivity contribution in [3.8, 4) is 28.5 Å². The molecule has 0 saturated heterocycles. The van der Waals surface area contributed by atoms with Gasteiger partial charge >= 0.3 is 0 Å². The van der Waals surface area contributed by atoms with Crippen LogP contribution in [0, 0.1) is 0 Å². The van der Waals surface area contributed by atoms with E-state index in [2.05, 4.69) is 24.3 Å². The molecular weight excluding hydrogens is 454 g/mol. The zero-order chi connectivity index (χ0) is 25.7. The number of fused-ring (bicyclic) bond motifs is 1. The highest BCUT2D eigenvalue weighted by molar-refractivity contribution is 6.13. The molecule has 1 amide bonds. The van der Waals surface area contributed by atoms with Gasteiger partial charge in [0.05, 0.1) is 38.1 Å². The Bertz CT molecular complexity index is 1340. The molecule has 36 heavy (non-hydrogen) atoms. The minimum Gasteiger partial charge on any atom is -0.493 e. The predicted molar refractivity (Wildman–Crippen MR) is 143 cm³/mol. The standard InChI is InChI=1S/C29H31N3O4/c1-32(2)15-14-19-10-12-21(13-11-19)30-29(33)23-18-25(31-24-9-7-6-8-22(23)24)20-16-26(34-3)28(36-5)27(17-20)35-4/h6-13,16-18H,14-15H2,1-5H3,(H,30,33). The largest absolute Gasteiger partial charge is 0.493 e. The van der Waals surface area contributed by atoms with E-state index in [4.69, 9.17) is 19.2 Å². The van der Waals surface area contributed by atoms with Gasteiger partial charge in [0.15, 0.2) is 11.5 Å². The van der Waals surface area contributed by atoms with Crippen molar-refractivity contribution in [2.24, 2.45) is 0 Å². The molecule has 0 fully saturated rings. The number of carbonyl (C=O) groups is 1. The Balaban J connectivity index is 1.71. The van der Waals surface area contributed by atoms with E-state index < -0.39 is 0 Å². The topological polar surface area (TPSA) is 72.9 Å².